The summed E-state index contributed by atoms with van der Waals surface area (Å²) in [6, 6.07) is 8.74. The molecule has 2 aromatic heterocycles. The molecule has 0 radical (unpaired) electrons. The van der Waals surface area contributed by atoms with Gasteiger partial charge in [-0.2, -0.15) is 51.1 Å². The molecule has 0 aliphatic rings. The van der Waals surface area contributed by atoms with Crippen molar-refractivity contribution in [3.63, 3.8) is 0 Å². The maximum absolute atomic E-state index is 13.4. The summed E-state index contributed by atoms with van der Waals surface area (Å²) in [4.78, 5) is 21.4. The van der Waals surface area contributed by atoms with E-state index in [1.54, 1.807) is 24.3 Å². The second-order valence-corrected chi connectivity index (χ2v) is 10.4. The van der Waals surface area contributed by atoms with Gasteiger partial charge in [0.1, 0.15) is 10.7 Å². The van der Waals surface area contributed by atoms with Crippen LogP contribution < -0.4 is 16.0 Å². The van der Waals surface area contributed by atoms with Gasteiger partial charge in [-0.25, -0.2) is 0 Å². The third-order valence-corrected chi connectivity index (χ3v) is 6.43. The molecular weight excluding hydrogens is 569 g/mol. The molecule has 0 spiro atoms. The van der Waals surface area contributed by atoms with E-state index in [2.05, 4.69) is 45.9 Å². The topological polar surface area (TPSA) is 222 Å². The molecule has 4 rings (SSSR count). The molecule has 0 saturated heterocycles. The molecule has 0 aliphatic heterocycles. The molecule has 19 heteroatoms. The molecule has 198 valence electrons. The van der Waals surface area contributed by atoms with E-state index < -0.39 is 41.8 Å². The minimum atomic E-state index is -4.81. The van der Waals surface area contributed by atoms with Gasteiger partial charge in [0.05, 0.1) is 10.6 Å². The SMILES string of the molecule is Cc1nc(F)nc(Nc2ccc(Nc3nc(Cl)nc(Nc4cc(S(=O)(=O)O)ccc4S(=O)(=O)O)n3)cc2)n1. The van der Waals surface area contributed by atoms with Crippen molar-refractivity contribution in [3.05, 3.63) is 59.7 Å². The van der Waals surface area contributed by atoms with Gasteiger partial charge in [0.25, 0.3) is 20.2 Å². The molecule has 2 heterocycles. The van der Waals surface area contributed by atoms with Crippen molar-refractivity contribution in [2.75, 3.05) is 16.0 Å². The Labute approximate surface area is 219 Å². The lowest BCUT2D eigenvalue weighted by atomic mass is 10.3. The Hall–Kier alpha value is -4.10. The zero-order valence-corrected chi connectivity index (χ0v) is 21.2. The average Bonchev–Trinajstić information content (AvgIpc) is 2.78. The summed E-state index contributed by atoms with van der Waals surface area (Å²) in [7, 11) is -9.52. The maximum Gasteiger partial charge on any atom is 0.313 e. The van der Waals surface area contributed by atoms with Crippen LogP contribution >= 0.6 is 11.6 Å². The van der Waals surface area contributed by atoms with Gasteiger partial charge in [-0.15, -0.1) is 0 Å². The number of aromatic nitrogens is 6. The third-order valence-electron chi connectivity index (χ3n) is 4.50. The Bertz CT molecular complexity index is 1720. The highest BCUT2D eigenvalue weighted by atomic mass is 35.5. The second-order valence-electron chi connectivity index (χ2n) is 7.29. The van der Waals surface area contributed by atoms with Crippen molar-refractivity contribution in [2.45, 2.75) is 16.7 Å². The number of hydrogen-bond donors (Lipinski definition) is 5. The molecule has 0 fully saturated rings. The fourth-order valence-electron chi connectivity index (χ4n) is 2.97. The highest BCUT2D eigenvalue weighted by molar-refractivity contribution is 7.86. The number of nitrogens with zero attached hydrogens (tertiary/aromatic N) is 6. The van der Waals surface area contributed by atoms with E-state index in [9.17, 15) is 30.3 Å². The molecule has 0 saturated carbocycles. The Morgan fingerprint density at radius 3 is 1.82 bits per heavy atom. The first-order valence-corrected chi connectivity index (χ1v) is 13.3. The predicted octanol–water partition coefficient (Wildman–Crippen LogP) is 2.88. The zero-order valence-electron chi connectivity index (χ0n) is 18.8. The van der Waals surface area contributed by atoms with Gasteiger partial charge < -0.3 is 16.0 Å². The summed E-state index contributed by atoms with van der Waals surface area (Å²) >= 11 is 5.95. The van der Waals surface area contributed by atoms with E-state index in [1.165, 1.54) is 6.92 Å². The summed E-state index contributed by atoms with van der Waals surface area (Å²) in [5.74, 6) is -0.209. The van der Waals surface area contributed by atoms with Gasteiger partial charge in [-0.1, -0.05) is 0 Å². The Kier molecular flexibility index (Phi) is 7.33. The lowest BCUT2D eigenvalue weighted by Crippen LogP contribution is -2.09. The van der Waals surface area contributed by atoms with Crippen molar-refractivity contribution in [1.29, 1.82) is 0 Å². The van der Waals surface area contributed by atoms with E-state index in [0.29, 0.717) is 11.4 Å². The third kappa shape index (κ3) is 6.81. The van der Waals surface area contributed by atoms with Crippen LogP contribution in [-0.2, 0) is 20.2 Å². The van der Waals surface area contributed by atoms with Crippen molar-refractivity contribution >= 4 is 66.7 Å². The highest BCUT2D eigenvalue weighted by Crippen LogP contribution is 2.28. The smallest absolute Gasteiger partial charge is 0.313 e. The first-order chi connectivity index (χ1) is 17.8. The van der Waals surface area contributed by atoms with E-state index in [0.717, 1.165) is 18.2 Å². The van der Waals surface area contributed by atoms with E-state index in [1.807, 2.05) is 0 Å². The second kappa shape index (κ2) is 10.3. The molecule has 4 aromatic rings. The predicted molar refractivity (Wildman–Crippen MR) is 132 cm³/mol. The lowest BCUT2D eigenvalue weighted by Gasteiger charge is -2.12. The summed E-state index contributed by atoms with van der Waals surface area (Å²) in [5.41, 5.74) is 0.526. The van der Waals surface area contributed by atoms with Gasteiger partial charge in [-0.3, -0.25) is 9.11 Å². The van der Waals surface area contributed by atoms with Crippen LogP contribution in [-0.4, -0.2) is 55.8 Å². The van der Waals surface area contributed by atoms with Crippen LogP contribution in [0.1, 0.15) is 5.82 Å². The largest absolute Gasteiger partial charge is 0.324 e. The molecule has 15 nitrogen and oxygen atoms in total. The van der Waals surface area contributed by atoms with Gasteiger partial charge in [0, 0.05) is 11.4 Å². The molecule has 5 N–H and O–H groups in total. The summed E-state index contributed by atoms with van der Waals surface area (Å²) in [5, 5.41) is 7.78. The van der Waals surface area contributed by atoms with Crippen molar-refractivity contribution < 1.29 is 30.3 Å². The highest BCUT2D eigenvalue weighted by Gasteiger charge is 2.21. The van der Waals surface area contributed by atoms with Crippen LogP contribution in [0.15, 0.2) is 52.3 Å². The van der Waals surface area contributed by atoms with Crippen LogP contribution in [0, 0.1) is 13.0 Å². The maximum atomic E-state index is 13.4. The molecule has 38 heavy (non-hydrogen) atoms. The summed E-state index contributed by atoms with van der Waals surface area (Å²) in [6.45, 7) is 1.51. The van der Waals surface area contributed by atoms with E-state index in [-0.39, 0.29) is 29.0 Å². The fraction of sp³-hybridized carbons (Fsp3) is 0.0526. The Morgan fingerprint density at radius 1 is 0.737 bits per heavy atom. The van der Waals surface area contributed by atoms with Crippen molar-refractivity contribution in [3.8, 4) is 0 Å². The van der Waals surface area contributed by atoms with E-state index in [4.69, 9.17) is 11.6 Å². The first-order valence-electron chi connectivity index (χ1n) is 10.1. The number of anilines is 6. The number of benzene rings is 2. The molecule has 2 aromatic carbocycles. The van der Waals surface area contributed by atoms with Gasteiger partial charge in [0.15, 0.2) is 0 Å². The standard InChI is InChI=1S/C19H15ClFN9O6S2/c1-9-22-16(21)29-17(23-9)24-10-2-4-11(5-3-10)25-18-27-15(20)28-19(30-18)26-13-8-12(37(31,32)33)6-7-14(13)38(34,35)36/h2-8H,1H3,(H,31,32,33)(H,34,35,36)(H,22,23,24,29)(H2,25,26,27,28,30). The van der Waals surface area contributed by atoms with Gasteiger partial charge in [-0.05, 0) is 61.0 Å². The van der Waals surface area contributed by atoms with Gasteiger partial charge in [0.2, 0.25) is 23.1 Å². The number of hydrogen-bond acceptors (Lipinski definition) is 13. The van der Waals surface area contributed by atoms with Crippen LogP contribution in [0.3, 0.4) is 0 Å². The molecular formula is C19H15ClFN9O6S2. The average molecular weight is 584 g/mol. The van der Waals surface area contributed by atoms with Crippen LogP contribution in [0.25, 0.3) is 0 Å². The van der Waals surface area contributed by atoms with Crippen LogP contribution in [0.5, 0.6) is 0 Å². The molecule has 0 bridgehead atoms. The summed E-state index contributed by atoms with van der Waals surface area (Å²) in [6.07, 6.45) is -0.928. The fourth-order valence-corrected chi connectivity index (χ4v) is 4.27. The van der Waals surface area contributed by atoms with Crippen molar-refractivity contribution in [2.24, 2.45) is 0 Å². The van der Waals surface area contributed by atoms with Crippen LogP contribution in [0.2, 0.25) is 5.28 Å². The molecule has 0 aliphatic carbocycles. The van der Waals surface area contributed by atoms with E-state index >= 15 is 0 Å². The molecule has 0 unspecified atom stereocenters. The quantitative estimate of drug-likeness (QED) is 0.188. The lowest BCUT2D eigenvalue weighted by molar-refractivity contribution is 0.479. The Morgan fingerprint density at radius 2 is 1.29 bits per heavy atom. The zero-order chi connectivity index (χ0) is 27.7. The minimum Gasteiger partial charge on any atom is -0.324 e. The Balaban J connectivity index is 1.57. The number of halogens is 2. The monoisotopic (exact) mass is 583 g/mol. The number of rotatable bonds is 8. The number of nitrogens with one attached hydrogen (secondary N) is 3. The first kappa shape index (κ1) is 26.9. The van der Waals surface area contributed by atoms with Crippen molar-refractivity contribution in [1.82, 2.24) is 29.9 Å². The van der Waals surface area contributed by atoms with Crippen LogP contribution in [0.4, 0.5) is 39.3 Å². The molecule has 0 atom stereocenters. The molecule has 0 amide bonds. The van der Waals surface area contributed by atoms with Gasteiger partial charge >= 0.3 is 6.08 Å². The number of aryl methyl sites for hydroxylation is 1. The normalized spacial score (nSPS) is 11.7. The summed E-state index contributed by atoms with van der Waals surface area (Å²) < 4.78 is 78.6. The minimum absolute atomic E-state index is 0.0120.